The summed E-state index contributed by atoms with van der Waals surface area (Å²) in [6, 6.07) is 5.50. The lowest BCUT2D eigenvalue weighted by molar-refractivity contribution is 0.235. The zero-order valence-electron chi connectivity index (χ0n) is 10.2. The predicted molar refractivity (Wildman–Crippen MR) is 66.1 cm³/mol. The molecule has 0 saturated heterocycles. The van der Waals surface area contributed by atoms with Crippen molar-refractivity contribution in [2.24, 2.45) is 0 Å². The Balaban J connectivity index is 2.12. The van der Waals surface area contributed by atoms with Gasteiger partial charge in [-0.2, -0.15) is 13.8 Å². The highest BCUT2D eigenvalue weighted by atomic mass is 32.2. The second-order valence-corrected chi connectivity index (χ2v) is 5.70. The van der Waals surface area contributed by atoms with Gasteiger partial charge in [-0.05, 0) is 12.1 Å². The lowest BCUT2D eigenvalue weighted by atomic mass is 10.3. The van der Waals surface area contributed by atoms with Gasteiger partial charge in [0.1, 0.15) is 0 Å². The minimum absolute atomic E-state index is 0.118. The molecule has 0 bridgehead atoms. The number of hydrogen-bond acceptors (Lipinski definition) is 6. The molecule has 20 heavy (non-hydrogen) atoms. The van der Waals surface area contributed by atoms with Gasteiger partial charge >= 0.3 is 5.76 Å². The Morgan fingerprint density at radius 2 is 2.05 bits per heavy atom. The summed E-state index contributed by atoms with van der Waals surface area (Å²) < 4.78 is 52.9. The second-order valence-electron chi connectivity index (χ2n) is 3.81. The topological polar surface area (TPSA) is 85.1 Å². The van der Waals surface area contributed by atoms with Crippen LogP contribution in [0.5, 0.6) is 0 Å². The van der Waals surface area contributed by atoms with Crippen molar-refractivity contribution in [3.8, 4) is 0 Å². The molecular formula is C11H11F2N3O3S. The quantitative estimate of drug-likeness (QED) is 0.874. The van der Waals surface area contributed by atoms with Gasteiger partial charge in [-0.3, -0.25) is 0 Å². The number of nitrogens with zero attached hydrogens (tertiary/aromatic N) is 2. The van der Waals surface area contributed by atoms with Crippen LogP contribution in [-0.2, 0) is 16.3 Å². The van der Waals surface area contributed by atoms with Crippen molar-refractivity contribution in [1.29, 1.82) is 0 Å². The van der Waals surface area contributed by atoms with Crippen molar-refractivity contribution in [3.63, 3.8) is 0 Å². The van der Waals surface area contributed by atoms with E-state index in [0.29, 0.717) is 12.3 Å². The van der Waals surface area contributed by atoms with Crippen LogP contribution in [0.2, 0.25) is 0 Å². The molecule has 0 aliphatic rings. The summed E-state index contributed by atoms with van der Waals surface area (Å²) in [5.74, 6) is -3.09. The molecule has 2 aromatic rings. The number of anilines is 1. The molecule has 0 amide bonds. The monoisotopic (exact) mass is 303 g/mol. The van der Waals surface area contributed by atoms with Crippen LogP contribution in [0.4, 0.5) is 14.5 Å². The molecule has 2 rings (SSSR count). The van der Waals surface area contributed by atoms with Crippen LogP contribution in [0.3, 0.4) is 0 Å². The molecule has 0 spiro atoms. The van der Waals surface area contributed by atoms with Gasteiger partial charge in [-0.1, -0.05) is 17.3 Å². The number of sulfone groups is 1. The number of alkyl halides is 2. The van der Waals surface area contributed by atoms with Crippen molar-refractivity contribution >= 4 is 15.5 Å². The molecule has 0 atom stereocenters. The molecule has 1 aromatic heterocycles. The summed E-state index contributed by atoms with van der Waals surface area (Å²) >= 11 is 0. The fourth-order valence-corrected chi connectivity index (χ4v) is 2.47. The summed E-state index contributed by atoms with van der Waals surface area (Å²) in [5, 5.41) is 6.19. The smallest absolute Gasteiger partial charge is 0.341 e. The average molecular weight is 303 g/mol. The summed E-state index contributed by atoms with van der Waals surface area (Å²) in [4.78, 5) is 3.36. The van der Waals surface area contributed by atoms with Gasteiger partial charge in [0, 0.05) is 13.0 Å². The number of aromatic nitrogens is 2. The third-order valence-electron chi connectivity index (χ3n) is 2.49. The SMILES string of the molecule is O=S(=O)(c1ccccc1NCCc1ncno1)C(F)F. The standard InChI is InChI=1S/C11H11F2N3O3S/c12-11(13)20(17,18)9-4-2-1-3-8(9)14-6-5-10-15-7-16-19-10/h1-4,7,11,14H,5-6H2. The Kier molecular flexibility index (Phi) is 4.28. The Labute approximate surface area is 113 Å². The Morgan fingerprint density at radius 3 is 2.70 bits per heavy atom. The number of nitrogens with one attached hydrogen (secondary N) is 1. The van der Waals surface area contributed by atoms with E-state index in [2.05, 4.69) is 15.5 Å². The molecule has 1 N–H and O–H groups in total. The molecule has 6 nitrogen and oxygen atoms in total. The van der Waals surface area contributed by atoms with Crippen LogP contribution in [0.25, 0.3) is 0 Å². The zero-order chi connectivity index (χ0) is 14.6. The van der Waals surface area contributed by atoms with E-state index in [-0.39, 0.29) is 12.2 Å². The number of halogens is 2. The van der Waals surface area contributed by atoms with Gasteiger partial charge in [0.2, 0.25) is 15.7 Å². The number of para-hydroxylation sites is 1. The molecule has 0 unspecified atom stereocenters. The van der Waals surface area contributed by atoms with E-state index < -0.39 is 20.5 Å². The normalized spacial score (nSPS) is 11.8. The molecule has 0 aliphatic heterocycles. The summed E-state index contributed by atoms with van der Waals surface area (Å²) in [6.07, 6.45) is 1.59. The maximum absolute atomic E-state index is 12.6. The first kappa shape index (κ1) is 14.4. The predicted octanol–water partition coefficient (Wildman–Crippen LogP) is 1.72. The van der Waals surface area contributed by atoms with Crippen molar-refractivity contribution in [1.82, 2.24) is 10.1 Å². The van der Waals surface area contributed by atoms with E-state index in [4.69, 9.17) is 4.52 Å². The van der Waals surface area contributed by atoms with E-state index in [9.17, 15) is 17.2 Å². The first-order chi connectivity index (χ1) is 9.51. The lowest BCUT2D eigenvalue weighted by Crippen LogP contribution is -2.15. The molecular weight excluding hydrogens is 292 g/mol. The minimum Gasteiger partial charge on any atom is -0.383 e. The molecule has 108 valence electrons. The third kappa shape index (κ3) is 3.10. The summed E-state index contributed by atoms with van der Waals surface area (Å²) in [7, 11) is -4.64. The van der Waals surface area contributed by atoms with Gasteiger partial charge in [0.25, 0.3) is 0 Å². The number of rotatable bonds is 6. The van der Waals surface area contributed by atoms with Crippen molar-refractivity contribution in [2.75, 3.05) is 11.9 Å². The summed E-state index contributed by atoms with van der Waals surface area (Å²) in [6.45, 7) is 0.276. The number of benzene rings is 1. The van der Waals surface area contributed by atoms with Crippen molar-refractivity contribution in [2.45, 2.75) is 17.1 Å². The zero-order valence-corrected chi connectivity index (χ0v) is 11.0. The van der Waals surface area contributed by atoms with E-state index in [1.165, 1.54) is 18.5 Å². The highest BCUT2D eigenvalue weighted by Crippen LogP contribution is 2.25. The largest absolute Gasteiger partial charge is 0.383 e. The van der Waals surface area contributed by atoms with E-state index in [1.54, 1.807) is 6.07 Å². The first-order valence-corrected chi connectivity index (χ1v) is 7.17. The van der Waals surface area contributed by atoms with Crippen molar-refractivity contribution in [3.05, 3.63) is 36.5 Å². The van der Waals surface area contributed by atoms with E-state index in [1.807, 2.05) is 0 Å². The summed E-state index contributed by atoms with van der Waals surface area (Å²) in [5.41, 5.74) is 0.118. The average Bonchev–Trinajstić information content (AvgIpc) is 2.92. The fourth-order valence-electron chi connectivity index (χ4n) is 1.57. The van der Waals surface area contributed by atoms with Gasteiger partial charge in [-0.25, -0.2) is 8.42 Å². The molecule has 0 saturated carbocycles. The van der Waals surface area contributed by atoms with E-state index in [0.717, 1.165) is 6.07 Å². The first-order valence-electron chi connectivity index (χ1n) is 5.62. The van der Waals surface area contributed by atoms with Gasteiger partial charge in [0.15, 0.2) is 6.33 Å². The molecule has 0 aliphatic carbocycles. The maximum atomic E-state index is 12.6. The van der Waals surface area contributed by atoms with E-state index >= 15 is 0 Å². The highest BCUT2D eigenvalue weighted by molar-refractivity contribution is 7.91. The van der Waals surface area contributed by atoms with Crippen LogP contribution in [-0.4, -0.2) is 30.9 Å². The second kappa shape index (κ2) is 5.95. The number of hydrogen-bond donors (Lipinski definition) is 1. The third-order valence-corrected chi connectivity index (χ3v) is 3.93. The Morgan fingerprint density at radius 1 is 1.30 bits per heavy atom. The molecule has 9 heteroatoms. The van der Waals surface area contributed by atoms with Crippen LogP contribution in [0, 0.1) is 0 Å². The Hall–Kier alpha value is -2.03. The van der Waals surface area contributed by atoms with Gasteiger partial charge in [-0.15, -0.1) is 0 Å². The fraction of sp³-hybridized carbons (Fsp3) is 0.273. The molecule has 1 heterocycles. The van der Waals surface area contributed by atoms with Gasteiger partial charge in [0.05, 0.1) is 10.6 Å². The minimum atomic E-state index is -4.64. The van der Waals surface area contributed by atoms with Crippen LogP contribution in [0.1, 0.15) is 5.89 Å². The molecule has 1 aromatic carbocycles. The lowest BCUT2D eigenvalue weighted by Gasteiger charge is -2.11. The molecule has 0 fully saturated rings. The maximum Gasteiger partial charge on any atom is 0.341 e. The molecule has 0 radical (unpaired) electrons. The highest BCUT2D eigenvalue weighted by Gasteiger charge is 2.28. The van der Waals surface area contributed by atoms with Crippen LogP contribution >= 0.6 is 0 Å². The van der Waals surface area contributed by atoms with Crippen LogP contribution < -0.4 is 5.32 Å². The van der Waals surface area contributed by atoms with Gasteiger partial charge < -0.3 is 9.84 Å². The van der Waals surface area contributed by atoms with Crippen LogP contribution in [0.15, 0.2) is 40.0 Å². The van der Waals surface area contributed by atoms with Crippen molar-refractivity contribution < 1.29 is 21.7 Å². The Bertz CT molecular complexity index is 659.